The molecule has 1 aliphatic heterocycles. The van der Waals surface area contributed by atoms with Gasteiger partial charge in [0.2, 0.25) is 5.91 Å². The number of carboxylic acids is 3. The lowest BCUT2D eigenvalue weighted by molar-refractivity contribution is -0.140. The van der Waals surface area contributed by atoms with E-state index in [1.54, 1.807) is 14.7 Å². The Kier molecular flexibility index (Phi) is 16.9. The van der Waals surface area contributed by atoms with Crippen LogP contribution in [0.4, 0.5) is 0 Å². The van der Waals surface area contributed by atoms with Crippen LogP contribution in [0, 0.1) is 0 Å². The van der Waals surface area contributed by atoms with E-state index in [2.05, 4.69) is 10.6 Å². The highest BCUT2D eigenvalue weighted by molar-refractivity contribution is 5.72. The van der Waals surface area contributed by atoms with Crippen LogP contribution in [0.3, 0.4) is 0 Å². The van der Waals surface area contributed by atoms with Gasteiger partial charge in [-0.1, -0.05) is 0 Å². The molecule has 1 heterocycles. The molecule has 1 amide bonds. The molecule has 0 aliphatic carbocycles. The Morgan fingerprint density at radius 3 is 1.27 bits per heavy atom. The lowest BCUT2D eigenvalue weighted by atomic mass is 10.3. The van der Waals surface area contributed by atoms with Crippen LogP contribution in [0.1, 0.15) is 6.92 Å². The van der Waals surface area contributed by atoms with Crippen LogP contribution in [-0.2, 0) is 19.2 Å². The van der Waals surface area contributed by atoms with E-state index in [0.717, 1.165) is 6.54 Å². The number of amides is 1. The molecule has 1 aliphatic rings. The molecule has 0 spiro atoms. The highest BCUT2D eigenvalue weighted by atomic mass is 16.4. The SMILES string of the molecule is CN1CCN(CC(=O)O)CCN(CC(=O)O)CCN(CC(=O)O)CC1.CNCCNC(C)=O. The van der Waals surface area contributed by atoms with Crippen LogP contribution in [0.2, 0.25) is 0 Å². The fraction of sp³-hybridized carbons (Fsp3) is 0.800. The molecule has 1 saturated heterocycles. The minimum absolute atomic E-state index is 0.0280. The zero-order chi connectivity index (χ0) is 25.2. The van der Waals surface area contributed by atoms with Crippen molar-refractivity contribution < 1.29 is 34.5 Å². The van der Waals surface area contributed by atoms with E-state index >= 15 is 0 Å². The molecule has 33 heavy (non-hydrogen) atoms. The van der Waals surface area contributed by atoms with Gasteiger partial charge >= 0.3 is 17.9 Å². The van der Waals surface area contributed by atoms with E-state index in [1.807, 2.05) is 19.0 Å². The first-order valence-corrected chi connectivity index (χ1v) is 10.9. The lowest BCUT2D eigenvalue weighted by Crippen LogP contribution is -2.47. The summed E-state index contributed by atoms with van der Waals surface area (Å²) in [6, 6.07) is 0. The number of carboxylic acid groups (broad SMARTS) is 3. The predicted molar refractivity (Wildman–Crippen MR) is 122 cm³/mol. The van der Waals surface area contributed by atoms with Crippen LogP contribution in [0.25, 0.3) is 0 Å². The van der Waals surface area contributed by atoms with E-state index < -0.39 is 17.9 Å². The Morgan fingerprint density at radius 2 is 1.00 bits per heavy atom. The molecule has 5 N–H and O–H groups in total. The van der Waals surface area contributed by atoms with Crippen LogP contribution in [-0.4, -0.2) is 158 Å². The number of rotatable bonds is 9. The Morgan fingerprint density at radius 1 is 0.667 bits per heavy atom. The summed E-state index contributed by atoms with van der Waals surface area (Å²) in [7, 11) is 3.77. The number of nitrogens with zero attached hydrogens (tertiary/aromatic N) is 4. The largest absolute Gasteiger partial charge is 0.480 e. The zero-order valence-corrected chi connectivity index (χ0v) is 20.0. The maximum absolute atomic E-state index is 11.0. The van der Waals surface area contributed by atoms with Gasteiger partial charge in [0.25, 0.3) is 0 Å². The number of nitrogens with one attached hydrogen (secondary N) is 2. The fourth-order valence-electron chi connectivity index (χ4n) is 3.05. The fourth-order valence-corrected chi connectivity index (χ4v) is 3.05. The molecule has 0 saturated carbocycles. The van der Waals surface area contributed by atoms with Gasteiger partial charge in [-0.3, -0.25) is 33.9 Å². The molecule has 0 radical (unpaired) electrons. The molecule has 1 fully saturated rings. The van der Waals surface area contributed by atoms with Crippen LogP contribution >= 0.6 is 0 Å². The quantitative estimate of drug-likeness (QED) is 0.221. The van der Waals surface area contributed by atoms with Crippen molar-refractivity contribution in [1.29, 1.82) is 0 Å². The second-order valence-corrected chi connectivity index (χ2v) is 7.90. The normalized spacial score (nSPS) is 17.7. The van der Waals surface area contributed by atoms with Gasteiger partial charge in [-0.05, 0) is 14.1 Å². The van der Waals surface area contributed by atoms with Crippen LogP contribution in [0.15, 0.2) is 0 Å². The summed E-state index contributed by atoms with van der Waals surface area (Å²) >= 11 is 0. The Balaban J connectivity index is 0.00000109. The summed E-state index contributed by atoms with van der Waals surface area (Å²) in [6.45, 7) is 6.92. The van der Waals surface area contributed by atoms with Gasteiger partial charge in [-0.2, -0.15) is 0 Å². The van der Waals surface area contributed by atoms with Gasteiger partial charge in [0.15, 0.2) is 0 Å². The van der Waals surface area contributed by atoms with Gasteiger partial charge in [0.05, 0.1) is 19.6 Å². The van der Waals surface area contributed by atoms with E-state index in [1.165, 1.54) is 6.92 Å². The Hall–Kier alpha value is -2.32. The predicted octanol–water partition coefficient (Wildman–Crippen LogP) is -2.57. The average molecular weight is 477 g/mol. The number of likely N-dealkylation sites (N-methyl/N-ethyl adjacent to an activating group) is 2. The molecule has 13 heteroatoms. The number of carbonyl (C=O) groups is 4. The van der Waals surface area contributed by atoms with Crippen molar-refractivity contribution in [1.82, 2.24) is 30.2 Å². The molecule has 0 unspecified atom stereocenters. The molecular weight excluding hydrogens is 436 g/mol. The molecule has 1 rings (SSSR count). The summed E-state index contributed by atoms with van der Waals surface area (Å²) in [5.74, 6) is -2.75. The summed E-state index contributed by atoms with van der Waals surface area (Å²) < 4.78 is 0. The summed E-state index contributed by atoms with van der Waals surface area (Å²) in [4.78, 5) is 50.6. The average Bonchev–Trinajstić information content (AvgIpc) is 2.70. The van der Waals surface area contributed by atoms with Crippen molar-refractivity contribution >= 4 is 23.8 Å². The third-order valence-electron chi connectivity index (χ3n) is 4.89. The standard InChI is InChI=1S/C15H28N4O6.C5H12N2O/c1-16-2-4-17(10-13(20)21)6-8-19(12-15(24)25)9-7-18(5-3-16)11-14(22)23;1-5(8)7-4-3-6-2/h2-12H2,1H3,(H,20,21)(H,22,23)(H,24,25);6H,3-4H2,1-2H3,(H,7,8). The number of hydrogen-bond donors (Lipinski definition) is 5. The maximum Gasteiger partial charge on any atom is 0.317 e. The van der Waals surface area contributed by atoms with E-state index in [4.69, 9.17) is 15.3 Å². The highest BCUT2D eigenvalue weighted by Gasteiger charge is 2.18. The number of aliphatic carboxylic acids is 3. The van der Waals surface area contributed by atoms with Crippen LogP contribution in [0.5, 0.6) is 0 Å². The second-order valence-electron chi connectivity index (χ2n) is 7.90. The molecule has 0 aromatic rings. The molecule has 192 valence electrons. The molecule has 0 bridgehead atoms. The highest BCUT2D eigenvalue weighted by Crippen LogP contribution is 2.00. The van der Waals surface area contributed by atoms with Crippen molar-refractivity contribution in [2.24, 2.45) is 0 Å². The third-order valence-corrected chi connectivity index (χ3v) is 4.89. The summed E-state index contributed by atoms with van der Waals surface area (Å²) in [5, 5.41) is 32.7. The minimum atomic E-state index is -0.957. The molecule has 0 aromatic carbocycles. The lowest BCUT2D eigenvalue weighted by Gasteiger charge is -2.31. The molecular formula is C20H40N6O7. The van der Waals surface area contributed by atoms with Gasteiger partial charge in [-0.15, -0.1) is 0 Å². The third kappa shape index (κ3) is 18.9. The number of hydrogen-bond acceptors (Lipinski definition) is 9. The summed E-state index contributed by atoms with van der Waals surface area (Å²) in [6.07, 6.45) is 0. The van der Waals surface area contributed by atoms with Gasteiger partial charge in [0.1, 0.15) is 0 Å². The van der Waals surface area contributed by atoms with Gasteiger partial charge in [0, 0.05) is 72.4 Å². The van der Waals surface area contributed by atoms with Crippen molar-refractivity contribution in [2.45, 2.75) is 6.92 Å². The molecule has 0 atom stereocenters. The zero-order valence-electron chi connectivity index (χ0n) is 20.0. The summed E-state index contributed by atoms with van der Waals surface area (Å²) in [5.41, 5.74) is 0. The van der Waals surface area contributed by atoms with Crippen molar-refractivity contribution in [3.8, 4) is 0 Å². The van der Waals surface area contributed by atoms with Crippen molar-refractivity contribution in [2.75, 3.05) is 99.2 Å². The first-order valence-electron chi connectivity index (χ1n) is 10.9. The Bertz CT molecular complexity index is 575. The van der Waals surface area contributed by atoms with E-state index in [-0.39, 0.29) is 25.5 Å². The molecule has 13 nitrogen and oxygen atoms in total. The number of carbonyl (C=O) groups excluding carboxylic acids is 1. The monoisotopic (exact) mass is 476 g/mol. The van der Waals surface area contributed by atoms with E-state index in [9.17, 15) is 19.2 Å². The van der Waals surface area contributed by atoms with Gasteiger partial charge < -0.3 is 30.9 Å². The first kappa shape index (κ1) is 30.7. The topological polar surface area (TPSA) is 166 Å². The Labute approximate surface area is 195 Å². The smallest absolute Gasteiger partial charge is 0.317 e. The maximum atomic E-state index is 11.0. The molecule has 0 aromatic heterocycles. The van der Waals surface area contributed by atoms with Gasteiger partial charge in [-0.25, -0.2) is 0 Å². The second kappa shape index (κ2) is 18.1. The van der Waals surface area contributed by atoms with E-state index in [0.29, 0.717) is 58.9 Å². The van der Waals surface area contributed by atoms with Crippen molar-refractivity contribution in [3.63, 3.8) is 0 Å². The minimum Gasteiger partial charge on any atom is -0.480 e. The van der Waals surface area contributed by atoms with Crippen LogP contribution < -0.4 is 10.6 Å². The van der Waals surface area contributed by atoms with Crippen molar-refractivity contribution in [3.05, 3.63) is 0 Å². The first-order chi connectivity index (χ1) is 15.5.